The molecule has 1 saturated heterocycles. The maximum absolute atomic E-state index is 12.4. The number of hydrogen-bond acceptors (Lipinski definition) is 6. The summed E-state index contributed by atoms with van der Waals surface area (Å²) in [7, 11) is 0. The van der Waals surface area contributed by atoms with Crippen molar-refractivity contribution in [3.8, 4) is 0 Å². The normalized spacial score (nSPS) is 16.4. The van der Waals surface area contributed by atoms with Crippen LogP contribution in [0.3, 0.4) is 0 Å². The van der Waals surface area contributed by atoms with E-state index in [4.69, 9.17) is 4.74 Å². The second-order valence-electron chi connectivity index (χ2n) is 5.06. The minimum absolute atomic E-state index is 0.0707. The second kappa shape index (κ2) is 7.21. The molecule has 2 N–H and O–H groups in total. The number of anilines is 2. The Morgan fingerprint density at radius 3 is 2.86 bits per heavy atom. The van der Waals surface area contributed by atoms with Gasteiger partial charge in [0.15, 0.2) is 0 Å². The van der Waals surface area contributed by atoms with E-state index < -0.39 is 0 Å². The van der Waals surface area contributed by atoms with Crippen molar-refractivity contribution < 1.29 is 9.53 Å². The zero-order chi connectivity index (χ0) is 15.2. The van der Waals surface area contributed by atoms with Gasteiger partial charge in [-0.1, -0.05) is 0 Å². The third-order valence-corrected chi connectivity index (χ3v) is 3.35. The van der Waals surface area contributed by atoms with E-state index in [9.17, 15) is 4.79 Å². The molecule has 1 aromatic heterocycles. The molecule has 1 fully saturated rings. The first-order valence-electron chi connectivity index (χ1n) is 7.32. The van der Waals surface area contributed by atoms with E-state index in [1.165, 1.54) is 0 Å². The van der Waals surface area contributed by atoms with Crippen molar-refractivity contribution in [1.29, 1.82) is 0 Å². The van der Waals surface area contributed by atoms with Gasteiger partial charge >= 0.3 is 0 Å². The predicted octanol–water partition coefficient (Wildman–Crippen LogP) is 0.876. The smallest absolute Gasteiger partial charge is 0.244 e. The van der Waals surface area contributed by atoms with E-state index in [-0.39, 0.29) is 11.9 Å². The highest BCUT2D eigenvalue weighted by Gasteiger charge is 2.23. The van der Waals surface area contributed by atoms with Crippen LogP contribution in [0.1, 0.15) is 19.4 Å². The molecular formula is C14H23N5O2. The summed E-state index contributed by atoms with van der Waals surface area (Å²) in [6, 6.07) is -0.328. The van der Waals surface area contributed by atoms with Crippen molar-refractivity contribution in [3.05, 3.63) is 11.8 Å². The highest BCUT2D eigenvalue weighted by atomic mass is 16.5. The van der Waals surface area contributed by atoms with E-state index in [1.807, 2.05) is 25.7 Å². The van der Waals surface area contributed by atoms with Gasteiger partial charge in [0.2, 0.25) is 11.9 Å². The van der Waals surface area contributed by atoms with E-state index in [2.05, 4.69) is 20.6 Å². The lowest BCUT2D eigenvalue weighted by molar-refractivity contribution is -0.135. The van der Waals surface area contributed by atoms with Crippen LogP contribution in [0.4, 0.5) is 11.8 Å². The summed E-state index contributed by atoms with van der Waals surface area (Å²) >= 11 is 0. The summed E-state index contributed by atoms with van der Waals surface area (Å²) in [6.07, 6.45) is 1.75. The monoisotopic (exact) mass is 293 g/mol. The average molecular weight is 293 g/mol. The fourth-order valence-corrected chi connectivity index (χ4v) is 2.16. The van der Waals surface area contributed by atoms with Gasteiger partial charge in [-0.15, -0.1) is 0 Å². The van der Waals surface area contributed by atoms with Gasteiger partial charge in [0.05, 0.1) is 13.2 Å². The minimum atomic E-state index is -0.328. The summed E-state index contributed by atoms with van der Waals surface area (Å²) in [6.45, 7) is 9.03. The largest absolute Gasteiger partial charge is 0.378 e. The van der Waals surface area contributed by atoms with Crippen molar-refractivity contribution in [3.63, 3.8) is 0 Å². The first-order valence-corrected chi connectivity index (χ1v) is 7.32. The van der Waals surface area contributed by atoms with Crippen molar-refractivity contribution in [2.45, 2.75) is 26.8 Å². The molecule has 0 aliphatic carbocycles. The van der Waals surface area contributed by atoms with Gasteiger partial charge in [0.1, 0.15) is 11.9 Å². The Kier molecular flexibility index (Phi) is 5.32. The van der Waals surface area contributed by atoms with Crippen LogP contribution in [-0.2, 0) is 9.53 Å². The zero-order valence-corrected chi connectivity index (χ0v) is 12.8. The van der Waals surface area contributed by atoms with E-state index in [1.54, 1.807) is 6.20 Å². The summed E-state index contributed by atoms with van der Waals surface area (Å²) < 4.78 is 5.27. The number of carbonyl (C=O) groups excluding carboxylic acids is 1. The first-order chi connectivity index (χ1) is 10.1. The van der Waals surface area contributed by atoms with Gasteiger partial charge < -0.3 is 20.3 Å². The molecule has 0 aromatic carbocycles. The molecule has 1 aliphatic heterocycles. The number of nitrogens with zero attached hydrogens (tertiary/aromatic N) is 3. The molecule has 2 heterocycles. The number of amides is 1. The van der Waals surface area contributed by atoms with Gasteiger partial charge in [0, 0.05) is 31.4 Å². The lowest BCUT2D eigenvalue weighted by Gasteiger charge is -2.29. The van der Waals surface area contributed by atoms with Crippen LogP contribution < -0.4 is 10.6 Å². The average Bonchev–Trinajstić information content (AvgIpc) is 2.51. The predicted molar refractivity (Wildman–Crippen MR) is 81.4 cm³/mol. The Hall–Kier alpha value is -1.89. The maximum atomic E-state index is 12.4. The summed E-state index contributed by atoms with van der Waals surface area (Å²) in [5.74, 6) is 1.33. The van der Waals surface area contributed by atoms with Crippen LogP contribution in [0.2, 0.25) is 0 Å². The maximum Gasteiger partial charge on any atom is 0.244 e. The Bertz CT molecular complexity index is 488. The molecule has 0 radical (unpaired) electrons. The Morgan fingerprint density at radius 2 is 2.19 bits per heavy atom. The number of aromatic nitrogens is 2. The Balaban J connectivity index is 2.02. The molecule has 0 bridgehead atoms. The van der Waals surface area contributed by atoms with Crippen LogP contribution >= 0.6 is 0 Å². The number of carbonyl (C=O) groups is 1. The molecule has 21 heavy (non-hydrogen) atoms. The van der Waals surface area contributed by atoms with Gasteiger partial charge in [-0.2, -0.15) is 4.98 Å². The zero-order valence-electron chi connectivity index (χ0n) is 12.8. The van der Waals surface area contributed by atoms with Gasteiger partial charge in [-0.25, -0.2) is 4.98 Å². The van der Waals surface area contributed by atoms with Crippen molar-refractivity contribution in [2.75, 3.05) is 43.5 Å². The molecule has 0 saturated carbocycles. The van der Waals surface area contributed by atoms with Crippen LogP contribution in [-0.4, -0.2) is 59.7 Å². The van der Waals surface area contributed by atoms with E-state index in [0.717, 1.165) is 12.1 Å². The first kappa shape index (κ1) is 15.5. The standard InChI is InChI=1S/C14H23N5O2/c1-4-15-14-16-9-10(2)12(18-14)17-11(3)13(20)19-5-7-21-8-6-19/h9,11H,4-8H2,1-3H3,(H2,15,16,17,18). The topological polar surface area (TPSA) is 79.4 Å². The number of hydrogen-bond donors (Lipinski definition) is 2. The molecule has 7 heteroatoms. The fraction of sp³-hybridized carbons (Fsp3) is 0.643. The number of aryl methyl sites for hydroxylation is 1. The van der Waals surface area contributed by atoms with Crippen molar-refractivity contribution >= 4 is 17.7 Å². The van der Waals surface area contributed by atoms with Crippen LogP contribution in [0.15, 0.2) is 6.20 Å². The number of ether oxygens (including phenoxy) is 1. The molecule has 1 atom stereocenters. The third-order valence-electron chi connectivity index (χ3n) is 3.35. The van der Waals surface area contributed by atoms with Gasteiger partial charge in [-0.05, 0) is 20.8 Å². The molecule has 1 unspecified atom stereocenters. The van der Waals surface area contributed by atoms with Crippen LogP contribution in [0.25, 0.3) is 0 Å². The fourth-order valence-electron chi connectivity index (χ4n) is 2.16. The molecule has 0 spiro atoms. The van der Waals surface area contributed by atoms with E-state index >= 15 is 0 Å². The molecule has 116 valence electrons. The lowest BCUT2D eigenvalue weighted by atomic mass is 10.2. The number of morpholine rings is 1. The molecular weight excluding hydrogens is 270 g/mol. The highest BCUT2D eigenvalue weighted by molar-refractivity contribution is 5.84. The van der Waals surface area contributed by atoms with Gasteiger partial charge in [0.25, 0.3) is 0 Å². The van der Waals surface area contributed by atoms with Gasteiger partial charge in [-0.3, -0.25) is 4.79 Å². The number of nitrogens with one attached hydrogen (secondary N) is 2. The molecule has 2 rings (SSSR count). The molecule has 1 aliphatic rings. The third kappa shape index (κ3) is 4.04. The van der Waals surface area contributed by atoms with Crippen LogP contribution in [0.5, 0.6) is 0 Å². The summed E-state index contributed by atoms with van der Waals surface area (Å²) in [5.41, 5.74) is 0.915. The minimum Gasteiger partial charge on any atom is -0.378 e. The Morgan fingerprint density at radius 1 is 1.48 bits per heavy atom. The van der Waals surface area contributed by atoms with E-state index in [0.29, 0.717) is 38.1 Å². The molecule has 1 amide bonds. The lowest BCUT2D eigenvalue weighted by Crippen LogP contribution is -2.47. The van der Waals surface area contributed by atoms with Crippen molar-refractivity contribution in [2.24, 2.45) is 0 Å². The highest BCUT2D eigenvalue weighted by Crippen LogP contribution is 2.14. The van der Waals surface area contributed by atoms with Crippen LogP contribution in [0, 0.1) is 6.92 Å². The Labute approximate surface area is 125 Å². The second-order valence-corrected chi connectivity index (χ2v) is 5.06. The molecule has 1 aromatic rings. The quantitative estimate of drug-likeness (QED) is 0.839. The number of rotatable bonds is 5. The molecule has 7 nitrogen and oxygen atoms in total. The summed E-state index contributed by atoms with van der Waals surface area (Å²) in [5, 5.41) is 6.25. The van der Waals surface area contributed by atoms with Crippen molar-refractivity contribution in [1.82, 2.24) is 14.9 Å². The summed E-state index contributed by atoms with van der Waals surface area (Å²) in [4.78, 5) is 22.8. The SMILES string of the molecule is CCNc1ncc(C)c(NC(C)C(=O)N2CCOCC2)n1.